The van der Waals surface area contributed by atoms with E-state index in [-0.39, 0.29) is 17.6 Å². The van der Waals surface area contributed by atoms with Crippen LogP contribution in [0, 0.1) is 0 Å². The molecule has 2 heterocycles. The Hall–Kier alpha value is -2.90. The fourth-order valence-corrected chi connectivity index (χ4v) is 3.58. The summed E-state index contributed by atoms with van der Waals surface area (Å²) in [5, 5.41) is 0. The molecular formula is C19H23N3O5. The maximum absolute atomic E-state index is 12.7. The third-order valence-corrected chi connectivity index (χ3v) is 5.10. The van der Waals surface area contributed by atoms with Crippen LogP contribution in [-0.2, 0) is 14.4 Å². The average molecular weight is 373 g/mol. The standard InChI is InChI=1S/C19H23N3O5/c1-3-13-6-4-5-11-20(13)16(23)12-21-17(24)18(25)22(19(21)26)14-7-9-15(27-2)10-8-14/h7-10,13H,3-6,11-12H2,1-2H3/t13-/m1/s1. The number of carbonyl (C=O) groups is 4. The van der Waals surface area contributed by atoms with Gasteiger partial charge >= 0.3 is 17.8 Å². The number of hydrogen-bond acceptors (Lipinski definition) is 5. The van der Waals surface area contributed by atoms with Gasteiger partial charge in [0.05, 0.1) is 12.8 Å². The van der Waals surface area contributed by atoms with E-state index >= 15 is 0 Å². The highest BCUT2D eigenvalue weighted by Crippen LogP contribution is 2.25. The van der Waals surface area contributed by atoms with Crippen LogP contribution in [0.3, 0.4) is 0 Å². The summed E-state index contributed by atoms with van der Waals surface area (Å²) < 4.78 is 5.05. The smallest absolute Gasteiger partial charge is 0.339 e. The summed E-state index contributed by atoms with van der Waals surface area (Å²) in [5.74, 6) is -1.67. The van der Waals surface area contributed by atoms with Crippen LogP contribution in [0.15, 0.2) is 24.3 Å². The van der Waals surface area contributed by atoms with Gasteiger partial charge in [-0.1, -0.05) is 6.92 Å². The minimum absolute atomic E-state index is 0.118. The predicted octanol–water partition coefficient (Wildman–Crippen LogP) is 1.78. The zero-order valence-electron chi connectivity index (χ0n) is 15.5. The Bertz CT molecular complexity index is 761. The molecule has 1 atom stereocenters. The summed E-state index contributed by atoms with van der Waals surface area (Å²) in [7, 11) is 1.50. The monoisotopic (exact) mass is 373 g/mol. The van der Waals surface area contributed by atoms with E-state index in [0.717, 1.165) is 35.5 Å². The first-order chi connectivity index (χ1) is 13.0. The Morgan fingerprint density at radius 1 is 1.11 bits per heavy atom. The fourth-order valence-electron chi connectivity index (χ4n) is 3.58. The van der Waals surface area contributed by atoms with Crippen molar-refractivity contribution in [1.29, 1.82) is 0 Å². The zero-order valence-corrected chi connectivity index (χ0v) is 15.5. The van der Waals surface area contributed by atoms with Gasteiger partial charge in [0.15, 0.2) is 0 Å². The van der Waals surface area contributed by atoms with Gasteiger partial charge in [0.2, 0.25) is 5.91 Å². The molecule has 0 spiro atoms. The maximum atomic E-state index is 12.7. The zero-order chi connectivity index (χ0) is 19.6. The molecule has 2 aliphatic heterocycles. The van der Waals surface area contributed by atoms with Gasteiger partial charge < -0.3 is 9.64 Å². The maximum Gasteiger partial charge on any atom is 0.339 e. The Balaban J connectivity index is 1.76. The quantitative estimate of drug-likeness (QED) is 0.580. The number of anilines is 1. The number of amides is 5. The van der Waals surface area contributed by atoms with Crippen molar-refractivity contribution in [2.24, 2.45) is 0 Å². The second kappa shape index (κ2) is 7.77. The lowest BCUT2D eigenvalue weighted by atomic mass is 10.00. The van der Waals surface area contributed by atoms with Crippen molar-refractivity contribution in [3.8, 4) is 5.75 Å². The van der Waals surface area contributed by atoms with Gasteiger partial charge in [0.25, 0.3) is 0 Å². The van der Waals surface area contributed by atoms with Crippen molar-refractivity contribution in [2.75, 3.05) is 25.1 Å². The largest absolute Gasteiger partial charge is 0.497 e. The number of likely N-dealkylation sites (tertiary alicyclic amines) is 1. The van der Waals surface area contributed by atoms with Crippen molar-refractivity contribution < 1.29 is 23.9 Å². The molecule has 2 fully saturated rings. The number of rotatable bonds is 5. The summed E-state index contributed by atoms with van der Waals surface area (Å²) in [6, 6.07) is 5.54. The summed E-state index contributed by atoms with van der Waals surface area (Å²) in [4.78, 5) is 53.2. The molecule has 0 aliphatic carbocycles. The predicted molar refractivity (Wildman–Crippen MR) is 97.2 cm³/mol. The lowest BCUT2D eigenvalue weighted by Crippen LogP contribution is -2.49. The van der Waals surface area contributed by atoms with Crippen LogP contribution in [-0.4, -0.2) is 59.8 Å². The highest BCUT2D eigenvalue weighted by atomic mass is 16.5. The van der Waals surface area contributed by atoms with Crippen LogP contribution in [0.5, 0.6) is 5.75 Å². The van der Waals surface area contributed by atoms with Crippen molar-refractivity contribution in [3.63, 3.8) is 0 Å². The van der Waals surface area contributed by atoms with Gasteiger partial charge in [-0.05, 0) is 49.9 Å². The van der Waals surface area contributed by atoms with Crippen LogP contribution in [0.4, 0.5) is 10.5 Å². The van der Waals surface area contributed by atoms with Gasteiger partial charge in [-0.2, -0.15) is 0 Å². The minimum Gasteiger partial charge on any atom is -0.497 e. The molecule has 3 rings (SSSR count). The number of piperidine rings is 1. The Morgan fingerprint density at radius 2 is 1.81 bits per heavy atom. The third-order valence-electron chi connectivity index (χ3n) is 5.10. The van der Waals surface area contributed by atoms with Gasteiger partial charge in [-0.3, -0.25) is 14.4 Å². The van der Waals surface area contributed by atoms with E-state index in [2.05, 4.69) is 0 Å². The molecule has 144 valence electrons. The number of imide groups is 2. The normalized spacial score (nSPS) is 20.4. The molecular weight excluding hydrogens is 350 g/mol. The SMILES string of the molecule is CC[C@@H]1CCCCN1C(=O)CN1C(=O)C(=O)N(c2ccc(OC)cc2)C1=O. The average Bonchev–Trinajstić information content (AvgIpc) is 2.91. The number of carbonyl (C=O) groups excluding carboxylic acids is 4. The number of hydrogen-bond donors (Lipinski definition) is 0. The van der Waals surface area contributed by atoms with Gasteiger partial charge in [0, 0.05) is 12.6 Å². The molecule has 27 heavy (non-hydrogen) atoms. The van der Waals surface area contributed by atoms with E-state index in [4.69, 9.17) is 4.74 Å². The molecule has 0 radical (unpaired) electrons. The van der Waals surface area contributed by atoms with E-state index in [1.165, 1.54) is 19.2 Å². The number of methoxy groups -OCH3 is 1. The van der Waals surface area contributed by atoms with Crippen molar-refractivity contribution in [1.82, 2.24) is 9.80 Å². The molecule has 8 heteroatoms. The molecule has 2 aliphatic rings. The number of ether oxygens (including phenoxy) is 1. The molecule has 0 saturated carbocycles. The van der Waals surface area contributed by atoms with Gasteiger partial charge in [0.1, 0.15) is 12.3 Å². The minimum atomic E-state index is -0.978. The molecule has 8 nitrogen and oxygen atoms in total. The van der Waals surface area contributed by atoms with E-state index in [9.17, 15) is 19.2 Å². The van der Waals surface area contributed by atoms with Crippen LogP contribution < -0.4 is 9.64 Å². The van der Waals surface area contributed by atoms with E-state index in [1.54, 1.807) is 17.0 Å². The first kappa shape index (κ1) is 18.9. The highest BCUT2D eigenvalue weighted by Gasteiger charge is 2.46. The Kier molecular flexibility index (Phi) is 5.43. The summed E-state index contributed by atoms with van der Waals surface area (Å²) in [6.45, 7) is 2.22. The molecule has 0 aromatic heterocycles. The molecule has 0 bridgehead atoms. The topological polar surface area (TPSA) is 87.2 Å². The van der Waals surface area contributed by atoms with E-state index in [1.807, 2.05) is 6.92 Å². The molecule has 2 saturated heterocycles. The van der Waals surface area contributed by atoms with Crippen molar-refractivity contribution >= 4 is 29.4 Å². The molecule has 5 amide bonds. The molecule has 0 N–H and O–H groups in total. The lowest BCUT2D eigenvalue weighted by Gasteiger charge is -2.35. The van der Waals surface area contributed by atoms with Gasteiger partial charge in [-0.15, -0.1) is 0 Å². The molecule has 0 unspecified atom stereocenters. The van der Waals surface area contributed by atoms with Crippen molar-refractivity contribution in [2.45, 2.75) is 38.6 Å². The van der Waals surface area contributed by atoms with Crippen LogP contribution in [0.1, 0.15) is 32.6 Å². The van der Waals surface area contributed by atoms with E-state index < -0.39 is 24.4 Å². The Labute approximate surface area is 157 Å². The second-order valence-corrected chi connectivity index (χ2v) is 6.66. The van der Waals surface area contributed by atoms with Crippen molar-refractivity contribution in [3.05, 3.63) is 24.3 Å². The fraction of sp³-hybridized carbons (Fsp3) is 0.474. The highest BCUT2D eigenvalue weighted by molar-refractivity contribution is 6.53. The molecule has 1 aromatic carbocycles. The second-order valence-electron chi connectivity index (χ2n) is 6.66. The van der Waals surface area contributed by atoms with Crippen LogP contribution >= 0.6 is 0 Å². The first-order valence-electron chi connectivity index (χ1n) is 9.11. The van der Waals surface area contributed by atoms with Crippen LogP contribution in [0.25, 0.3) is 0 Å². The Morgan fingerprint density at radius 3 is 2.44 bits per heavy atom. The van der Waals surface area contributed by atoms with E-state index in [0.29, 0.717) is 12.3 Å². The lowest BCUT2D eigenvalue weighted by molar-refractivity contribution is -0.143. The number of nitrogens with zero attached hydrogens (tertiary/aromatic N) is 3. The number of benzene rings is 1. The first-order valence-corrected chi connectivity index (χ1v) is 9.11. The number of urea groups is 1. The summed E-state index contributed by atoms with van der Waals surface area (Å²) in [5.41, 5.74) is 0.263. The van der Waals surface area contributed by atoms with Gasteiger partial charge in [-0.25, -0.2) is 14.6 Å². The summed E-state index contributed by atoms with van der Waals surface area (Å²) >= 11 is 0. The van der Waals surface area contributed by atoms with Crippen LogP contribution in [0.2, 0.25) is 0 Å². The third kappa shape index (κ3) is 3.51. The molecule has 1 aromatic rings. The summed E-state index contributed by atoms with van der Waals surface area (Å²) in [6.07, 6.45) is 3.71.